The van der Waals surface area contributed by atoms with Crippen molar-refractivity contribution in [1.29, 1.82) is 0 Å². The van der Waals surface area contributed by atoms with Crippen LogP contribution >= 0.6 is 0 Å². The normalized spacial score (nSPS) is 25.3. The fourth-order valence-corrected chi connectivity index (χ4v) is 16.7. The Kier molecular flexibility index (Phi) is 11.9. The lowest BCUT2D eigenvalue weighted by atomic mass is 9.44. The summed E-state index contributed by atoms with van der Waals surface area (Å²) in [6.45, 7) is 10.3. The Morgan fingerprint density at radius 1 is 0.487 bits per heavy atom. The van der Waals surface area contributed by atoms with E-state index in [1.807, 2.05) is 0 Å². The molecule has 0 aliphatic heterocycles. The number of benzene rings is 7. The molecule has 0 spiro atoms. The zero-order valence-corrected chi connectivity index (χ0v) is 45.1. The van der Waals surface area contributed by atoms with Gasteiger partial charge in [-0.1, -0.05) is 168 Å². The number of fused-ring (bicyclic) bond motifs is 11. The van der Waals surface area contributed by atoms with Gasteiger partial charge in [0.1, 0.15) is 0 Å². The first-order valence-corrected chi connectivity index (χ1v) is 29.3. The topological polar surface area (TPSA) is 48.5 Å². The molecule has 7 aromatic carbocycles. The van der Waals surface area contributed by atoms with Crippen LogP contribution in [0.4, 0.5) is 0 Å². The third kappa shape index (κ3) is 7.96. The Morgan fingerprint density at radius 3 is 1.74 bits per heavy atom. The predicted molar refractivity (Wildman–Crippen MR) is 316 cm³/mol. The summed E-state index contributed by atoms with van der Waals surface area (Å²) in [6.07, 6.45) is 18.6. The molecule has 14 rings (SSSR count). The number of unbranched alkanes of at least 4 members (excludes halogenated alkanes) is 1. The molecule has 382 valence electrons. The molecule has 8 unspecified atom stereocenters. The standard InChI is InChI=1S/C71H73N5/c1-46(2)17-11-12-20-53-34-36-61-58-35-33-54-43-52(39-41-71(54,4)62(58)40-42-70(53,61)3)47-27-29-49(30-28-47)68-72-67(48-18-7-5-8-19-48)73-69(74-68)76-64-26-16-14-24-57(64)60-45-51(32-38-66(60)76)50-31-37-65-59(44-50)56-23-13-15-25-63(56)75(65)55-21-9-6-10-22-55/h5-10,13-16,18-19,21-32,37-38,44-46,52-54,58,61-62H,11-12,17,20,33-36,39-43H2,1-4H3. The summed E-state index contributed by atoms with van der Waals surface area (Å²) in [7, 11) is 0. The Labute approximate surface area is 449 Å². The first-order valence-electron chi connectivity index (χ1n) is 29.3. The summed E-state index contributed by atoms with van der Waals surface area (Å²) in [5, 5.41) is 4.83. The van der Waals surface area contributed by atoms with Gasteiger partial charge in [0.05, 0.1) is 22.1 Å². The van der Waals surface area contributed by atoms with E-state index < -0.39 is 0 Å². The van der Waals surface area contributed by atoms with Gasteiger partial charge < -0.3 is 4.57 Å². The summed E-state index contributed by atoms with van der Waals surface area (Å²) in [5.41, 5.74) is 12.6. The highest BCUT2D eigenvalue weighted by Crippen LogP contribution is 2.68. The lowest BCUT2D eigenvalue weighted by molar-refractivity contribution is -0.114. The van der Waals surface area contributed by atoms with Gasteiger partial charge in [-0.2, -0.15) is 9.97 Å². The highest BCUT2D eigenvalue weighted by Gasteiger charge is 2.60. The molecule has 5 nitrogen and oxygen atoms in total. The smallest absolute Gasteiger partial charge is 0.238 e. The number of nitrogens with zero attached hydrogens (tertiary/aromatic N) is 5. The van der Waals surface area contributed by atoms with Crippen molar-refractivity contribution in [3.8, 4) is 45.5 Å². The number of rotatable bonds is 11. The molecule has 0 N–H and O–H groups in total. The van der Waals surface area contributed by atoms with Crippen LogP contribution in [0.5, 0.6) is 0 Å². The van der Waals surface area contributed by atoms with Crippen molar-refractivity contribution in [2.45, 2.75) is 117 Å². The fraction of sp³-hybridized carbons (Fsp3) is 0.366. The van der Waals surface area contributed by atoms with Gasteiger partial charge in [-0.15, -0.1) is 0 Å². The van der Waals surface area contributed by atoms with E-state index in [1.54, 1.807) is 0 Å². The number of para-hydroxylation sites is 3. The number of aromatic nitrogens is 5. The van der Waals surface area contributed by atoms with Crippen molar-refractivity contribution in [2.75, 3.05) is 0 Å². The van der Waals surface area contributed by atoms with E-state index in [-0.39, 0.29) is 0 Å². The summed E-state index contributed by atoms with van der Waals surface area (Å²) >= 11 is 0. The highest BCUT2D eigenvalue weighted by molar-refractivity contribution is 6.12. The number of hydrogen-bond donors (Lipinski definition) is 0. The first-order chi connectivity index (χ1) is 37.2. The van der Waals surface area contributed by atoms with Crippen molar-refractivity contribution < 1.29 is 0 Å². The minimum atomic E-state index is 0.485. The van der Waals surface area contributed by atoms with Gasteiger partial charge in [-0.3, -0.25) is 4.57 Å². The second kappa shape index (κ2) is 19.0. The Hall–Kier alpha value is -6.85. The van der Waals surface area contributed by atoms with E-state index in [0.29, 0.717) is 34.3 Å². The second-order valence-electron chi connectivity index (χ2n) is 24.9. The van der Waals surface area contributed by atoms with E-state index in [9.17, 15) is 0 Å². The SMILES string of the molecule is CC(C)CCCCC1CCC2C3CCC4CC(c5ccc(-c6nc(-c7ccccc7)nc(-n7c8ccccc8c8cc(-c9ccc%10c(c9)c9ccccc9n%10-c9ccccc9)ccc87)n6)cc5)CCC4(C)C3CCC12C. The Bertz CT molecular complexity index is 3760. The minimum absolute atomic E-state index is 0.485. The minimum Gasteiger partial charge on any atom is -0.309 e. The molecule has 8 atom stereocenters. The van der Waals surface area contributed by atoms with E-state index in [2.05, 4.69) is 207 Å². The van der Waals surface area contributed by atoms with Crippen LogP contribution in [0.25, 0.3) is 89.2 Å². The quantitative estimate of drug-likeness (QED) is 0.121. The van der Waals surface area contributed by atoms with Crippen molar-refractivity contribution >= 4 is 43.6 Å². The third-order valence-electron chi connectivity index (χ3n) is 20.6. The average Bonchev–Trinajstić information content (AvgIpc) is 4.26. The van der Waals surface area contributed by atoms with Gasteiger partial charge in [0.25, 0.3) is 0 Å². The summed E-state index contributed by atoms with van der Waals surface area (Å²) < 4.78 is 4.63. The highest BCUT2D eigenvalue weighted by atomic mass is 15.2. The van der Waals surface area contributed by atoms with Gasteiger partial charge >= 0.3 is 0 Å². The predicted octanol–water partition coefficient (Wildman–Crippen LogP) is 19.0. The monoisotopic (exact) mass is 996 g/mol. The maximum atomic E-state index is 5.38. The molecule has 76 heavy (non-hydrogen) atoms. The van der Waals surface area contributed by atoms with Crippen LogP contribution in [0.3, 0.4) is 0 Å². The van der Waals surface area contributed by atoms with Gasteiger partial charge in [-0.05, 0) is 182 Å². The van der Waals surface area contributed by atoms with Crippen LogP contribution in [0.1, 0.15) is 123 Å². The van der Waals surface area contributed by atoms with Gasteiger partial charge in [0, 0.05) is 38.4 Å². The molecule has 5 heteroatoms. The van der Waals surface area contributed by atoms with Gasteiger partial charge in [0.2, 0.25) is 5.95 Å². The largest absolute Gasteiger partial charge is 0.309 e. The lowest BCUT2D eigenvalue weighted by Gasteiger charge is -2.61. The summed E-state index contributed by atoms with van der Waals surface area (Å²) in [6, 6.07) is 61.8. The van der Waals surface area contributed by atoms with Gasteiger partial charge in [0.15, 0.2) is 11.6 Å². The zero-order valence-electron chi connectivity index (χ0n) is 45.1. The number of hydrogen-bond acceptors (Lipinski definition) is 3. The average molecular weight is 996 g/mol. The molecule has 3 heterocycles. The molecule has 3 aromatic heterocycles. The molecule has 4 aliphatic rings. The van der Waals surface area contributed by atoms with Crippen molar-refractivity contribution in [3.63, 3.8) is 0 Å². The van der Waals surface area contributed by atoms with E-state index in [4.69, 9.17) is 15.0 Å². The molecule has 4 saturated carbocycles. The van der Waals surface area contributed by atoms with Crippen LogP contribution in [0.15, 0.2) is 170 Å². The van der Waals surface area contributed by atoms with Crippen LogP contribution in [0.2, 0.25) is 0 Å². The fourth-order valence-electron chi connectivity index (χ4n) is 16.7. The molecule has 4 aliphatic carbocycles. The van der Waals surface area contributed by atoms with Gasteiger partial charge in [-0.25, -0.2) is 4.98 Å². The molecule has 0 radical (unpaired) electrons. The van der Waals surface area contributed by atoms with Crippen LogP contribution < -0.4 is 0 Å². The molecule has 0 amide bonds. The Morgan fingerprint density at radius 2 is 1.05 bits per heavy atom. The first kappa shape index (κ1) is 47.6. The van der Waals surface area contributed by atoms with Crippen molar-refractivity contribution in [1.82, 2.24) is 24.1 Å². The van der Waals surface area contributed by atoms with Crippen LogP contribution in [-0.4, -0.2) is 24.1 Å². The molecule has 0 saturated heterocycles. The molecule has 10 aromatic rings. The zero-order chi connectivity index (χ0) is 51.1. The van der Waals surface area contributed by atoms with E-state index in [1.165, 1.54) is 138 Å². The van der Waals surface area contributed by atoms with Crippen LogP contribution in [0, 0.1) is 46.3 Å². The Balaban J connectivity index is 0.757. The van der Waals surface area contributed by atoms with Crippen LogP contribution in [-0.2, 0) is 0 Å². The lowest BCUT2D eigenvalue weighted by Crippen LogP contribution is -2.53. The van der Waals surface area contributed by atoms with Crippen molar-refractivity contribution in [3.05, 3.63) is 175 Å². The van der Waals surface area contributed by atoms with E-state index in [0.717, 1.165) is 57.7 Å². The summed E-state index contributed by atoms with van der Waals surface area (Å²) in [4.78, 5) is 15.9. The molecule has 0 bridgehead atoms. The maximum Gasteiger partial charge on any atom is 0.238 e. The van der Waals surface area contributed by atoms with E-state index >= 15 is 0 Å². The molecular formula is C71H73N5. The maximum absolute atomic E-state index is 5.38. The molecular weight excluding hydrogens is 923 g/mol. The second-order valence-corrected chi connectivity index (χ2v) is 24.9. The third-order valence-corrected chi connectivity index (χ3v) is 20.6. The molecule has 4 fully saturated rings. The van der Waals surface area contributed by atoms with Crippen molar-refractivity contribution in [2.24, 2.45) is 46.3 Å². The summed E-state index contributed by atoms with van der Waals surface area (Å²) in [5.74, 6) is 8.04.